The molecule has 2 aliphatic rings. The smallest absolute Gasteiger partial charge is 0.223 e. The number of carbonyl (C=O) groups is 1. The van der Waals surface area contributed by atoms with Gasteiger partial charge in [-0.2, -0.15) is 5.10 Å². The molecule has 1 atom stereocenters. The molecule has 19 heavy (non-hydrogen) atoms. The summed E-state index contributed by atoms with van der Waals surface area (Å²) in [6.07, 6.45) is 12.1. The van der Waals surface area contributed by atoms with E-state index in [0.29, 0.717) is 6.04 Å². The van der Waals surface area contributed by atoms with E-state index in [1.807, 2.05) is 6.20 Å². The van der Waals surface area contributed by atoms with Crippen LogP contribution in [0.3, 0.4) is 0 Å². The Bertz CT molecular complexity index is 432. The van der Waals surface area contributed by atoms with E-state index in [9.17, 15) is 4.79 Å². The normalized spacial score (nSPS) is 24.5. The molecular formula is C15H23N3O. The van der Waals surface area contributed by atoms with Gasteiger partial charge in [-0.1, -0.05) is 25.7 Å². The number of hydrogen-bond donors (Lipinski definition) is 2. The average Bonchev–Trinajstić information content (AvgIpc) is 2.71. The zero-order valence-corrected chi connectivity index (χ0v) is 11.5. The van der Waals surface area contributed by atoms with Crippen molar-refractivity contribution >= 4 is 5.91 Å². The fourth-order valence-corrected chi connectivity index (χ4v) is 3.39. The maximum atomic E-state index is 12.3. The molecule has 0 aromatic carbocycles. The van der Waals surface area contributed by atoms with Crippen LogP contribution in [-0.2, 0) is 17.6 Å². The predicted octanol–water partition coefficient (Wildman–Crippen LogP) is 2.35. The molecule has 1 aromatic rings. The van der Waals surface area contributed by atoms with Crippen LogP contribution in [0.4, 0.5) is 0 Å². The zero-order valence-electron chi connectivity index (χ0n) is 11.5. The van der Waals surface area contributed by atoms with Gasteiger partial charge < -0.3 is 5.32 Å². The van der Waals surface area contributed by atoms with E-state index in [1.165, 1.54) is 36.9 Å². The standard InChI is InChI=1S/C15H23N3O/c19-15(11-5-3-1-2-4-6-11)17-13-8-7-12-10-16-18-14(12)9-13/h10-11,13H,1-9H2,(H,16,18)(H,17,19). The van der Waals surface area contributed by atoms with E-state index in [0.717, 1.165) is 32.1 Å². The van der Waals surface area contributed by atoms with Crippen LogP contribution in [-0.4, -0.2) is 22.1 Å². The minimum Gasteiger partial charge on any atom is -0.353 e. The molecule has 0 radical (unpaired) electrons. The highest BCUT2D eigenvalue weighted by Crippen LogP contribution is 2.24. The van der Waals surface area contributed by atoms with Crippen LogP contribution in [0.5, 0.6) is 0 Å². The minimum absolute atomic E-state index is 0.255. The van der Waals surface area contributed by atoms with Crippen molar-refractivity contribution < 1.29 is 4.79 Å². The summed E-state index contributed by atoms with van der Waals surface area (Å²) in [7, 11) is 0. The second-order valence-electron chi connectivity index (χ2n) is 6.01. The van der Waals surface area contributed by atoms with Gasteiger partial charge in [-0.15, -0.1) is 0 Å². The first-order valence-electron chi connectivity index (χ1n) is 7.64. The highest BCUT2D eigenvalue weighted by molar-refractivity contribution is 5.79. The highest BCUT2D eigenvalue weighted by Gasteiger charge is 2.25. The van der Waals surface area contributed by atoms with Crippen molar-refractivity contribution in [3.63, 3.8) is 0 Å². The van der Waals surface area contributed by atoms with Gasteiger partial charge in [0.25, 0.3) is 0 Å². The molecule has 2 N–H and O–H groups in total. The third kappa shape index (κ3) is 2.99. The highest BCUT2D eigenvalue weighted by atomic mass is 16.1. The molecule has 0 bridgehead atoms. The fraction of sp³-hybridized carbons (Fsp3) is 0.733. The number of H-pyrrole nitrogens is 1. The van der Waals surface area contributed by atoms with Gasteiger partial charge in [-0.05, 0) is 31.2 Å². The van der Waals surface area contributed by atoms with Gasteiger partial charge in [0.2, 0.25) is 5.91 Å². The summed E-state index contributed by atoms with van der Waals surface area (Å²) in [6, 6.07) is 0.295. The molecule has 4 nitrogen and oxygen atoms in total. The Balaban J connectivity index is 1.55. The second kappa shape index (κ2) is 5.76. The number of hydrogen-bond acceptors (Lipinski definition) is 2. The first kappa shape index (κ1) is 12.7. The number of amides is 1. The Labute approximate surface area is 114 Å². The molecule has 1 amide bonds. The van der Waals surface area contributed by atoms with Crippen LogP contribution >= 0.6 is 0 Å². The van der Waals surface area contributed by atoms with Gasteiger partial charge in [0.05, 0.1) is 6.20 Å². The van der Waals surface area contributed by atoms with Crippen molar-refractivity contribution in [3.8, 4) is 0 Å². The maximum absolute atomic E-state index is 12.3. The number of nitrogens with one attached hydrogen (secondary N) is 2. The zero-order chi connectivity index (χ0) is 13.1. The van der Waals surface area contributed by atoms with Crippen molar-refractivity contribution in [2.75, 3.05) is 0 Å². The number of rotatable bonds is 2. The summed E-state index contributed by atoms with van der Waals surface area (Å²) < 4.78 is 0. The summed E-state index contributed by atoms with van der Waals surface area (Å²) in [5.74, 6) is 0.542. The van der Waals surface area contributed by atoms with Crippen molar-refractivity contribution in [1.29, 1.82) is 0 Å². The number of carbonyl (C=O) groups excluding carboxylic acids is 1. The summed E-state index contributed by atoms with van der Waals surface area (Å²) in [6.45, 7) is 0. The Morgan fingerprint density at radius 1 is 1.21 bits per heavy atom. The topological polar surface area (TPSA) is 57.8 Å². The monoisotopic (exact) mass is 261 g/mol. The molecule has 2 aliphatic carbocycles. The minimum atomic E-state index is 0.255. The molecule has 104 valence electrons. The van der Waals surface area contributed by atoms with Crippen LogP contribution in [0, 0.1) is 5.92 Å². The Morgan fingerprint density at radius 3 is 2.79 bits per heavy atom. The summed E-state index contributed by atoms with van der Waals surface area (Å²) >= 11 is 0. The van der Waals surface area contributed by atoms with Gasteiger partial charge >= 0.3 is 0 Å². The van der Waals surface area contributed by atoms with E-state index in [4.69, 9.17) is 0 Å². The van der Waals surface area contributed by atoms with Gasteiger partial charge in [0, 0.05) is 24.1 Å². The maximum Gasteiger partial charge on any atom is 0.223 e. The van der Waals surface area contributed by atoms with Crippen molar-refractivity contribution in [2.24, 2.45) is 5.92 Å². The third-order valence-corrected chi connectivity index (χ3v) is 4.59. The van der Waals surface area contributed by atoms with E-state index in [2.05, 4.69) is 15.5 Å². The van der Waals surface area contributed by atoms with E-state index in [-0.39, 0.29) is 11.8 Å². The fourth-order valence-electron chi connectivity index (χ4n) is 3.39. The lowest BCUT2D eigenvalue weighted by Gasteiger charge is -2.25. The molecule has 1 aromatic heterocycles. The summed E-state index contributed by atoms with van der Waals surface area (Å²) in [5.41, 5.74) is 2.53. The molecule has 3 rings (SSSR count). The van der Waals surface area contributed by atoms with Gasteiger partial charge in [0.1, 0.15) is 0 Å². The molecule has 1 fully saturated rings. The number of aryl methyl sites for hydroxylation is 1. The van der Waals surface area contributed by atoms with Crippen LogP contribution in [0.1, 0.15) is 56.2 Å². The quantitative estimate of drug-likeness (QED) is 0.803. The lowest BCUT2D eigenvalue weighted by atomic mass is 9.92. The van der Waals surface area contributed by atoms with Crippen LogP contribution in [0.25, 0.3) is 0 Å². The van der Waals surface area contributed by atoms with Crippen LogP contribution in [0.15, 0.2) is 6.20 Å². The number of nitrogens with zero attached hydrogens (tertiary/aromatic N) is 1. The lowest BCUT2D eigenvalue weighted by Crippen LogP contribution is -2.41. The first-order valence-corrected chi connectivity index (χ1v) is 7.64. The summed E-state index contributed by atoms with van der Waals surface area (Å²) in [5, 5.41) is 10.4. The Kier molecular flexibility index (Phi) is 3.85. The van der Waals surface area contributed by atoms with Gasteiger partial charge in [-0.3, -0.25) is 9.89 Å². The van der Waals surface area contributed by atoms with Crippen molar-refractivity contribution in [1.82, 2.24) is 15.5 Å². The van der Waals surface area contributed by atoms with Crippen LogP contribution < -0.4 is 5.32 Å². The Hall–Kier alpha value is -1.32. The molecule has 0 spiro atoms. The molecule has 1 unspecified atom stereocenters. The SMILES string of the molecule is O=C(NC1CCc2cn[nH]c2C1)C1CCCCCC1. The largest absolute Gasteiger partial charge is 0.353 e. The first-order chi connectivity index (χ1) is 9.33. The van der Waals surface area contributed by atoms with E-state index < -0.39 is 0 Å². The molecule has 0 aliphatic heterocycles. The lowest BCUT2D eigenvalue weighted by molar-refractivity contribution is -0.126. The third-order valence-electron chi connectivity index (χ3n) is 4.59. The number of aromatic nitrogens is 2. The molecule has 0 saturated heterocycles. The van der Waals surface area contributed by atoms with E-state index in [1.54, 1.807) is 0 Å². The molecule has 1 heterocycles. The second-order valence-corrected chi connectivity index (χ2v) is 6.01. The number of fused-ring (bicyclic) bond motifs is 1. The van der Waals surface area contributed by atoms with Crippen molar-refractivity contribution in [2.45, 2.75) is 63.8 Å². The van der Waals surface area contributed by atoms with Gasteiger partial charge in [0.15, 0.2) is 0 Å². The van der Waals surface area contributed by atoms with Crippen molar-refractivity contribution in [3.05, 3.63) is 17.5 Å². The average molecular weight is 261 g/mol. The number of aromatic amines is 1. The van der Waals surface area contributed by atoms with Gasteiger partial charge in [-0.25, -0.2) is 0 Å². The Morgan fingerprint density at radius 2 is 2.00 bits per heavy atom. The molecule has 1 saturated carbocycles. The van der Waals surface area contributed by atoms with E-state index >= 15 is 0 Å². The molecule has 4 heteroatoms. The predicted molar refractivity (Wildman–Crippen MR) is 73.7 cm³/mol. The van der Waals surface area contributed by atoms with Crippen LogP contribution in [0.2, 0.25) is 0 Å². The molecular weight excluding hydrogens is 238 g/mol. The summed E-state index contributed by atoms with van der Waals surface area (Å²) in [4.78, 5) is 12.3.